The van der Waals surface area contributed by atoms with Crippen molar-refractivity contribution in [2.45, 2.75) is 31.8 Å². The molecule has 2 aromatic heterocycles. The number of anilines is 1. The molecule has 0 saturated carbocycles. The molecule has 2 heterocycles. The van der Waals surface area contributed by atoms with Gasteiger partial charge in [0.25, 0.3) is 5.91 Å². The Kier molecular flexibility index (Phi) is 5.67. The quantitative estimate of drug-likeness (QED) is 0.398. The monoisotopic (exact) mass is 477 g/mol. The van der Waals surface area contributed by atoms with E-state index in [4.69, 9.17) is 11.6 Å². The van der Waals surface area contributed by atoms with E-state index in [-0.39, 0.29) is 35.1 Å². The molecule has 2 atom stereocenters. The maximum Gasteiger partial charge on any atom is 0.274 e. The molecule has 0 bridgehead atoms. The van der Waals surface area contributed by atoms with Gasteiger partial charge in [0, 0.05) is 29.1 Å². The third kappa shape index (κ3) is 4.08. The number of halogens is 2. The number of aryl methyl sites for hydroxylation is 1. The topological polar surface area (TPSA) is 83.7 Å². The van der Waals surface area contributed by atoms with Gasteiger partial charge in [0.2, 0.25) is 0 Å². The number of amides is 1. The lowest BCUT2D eigenvalue weighted by Crippen LogP contribution is -2.18. The van der Waals surface area contributed by atoms with Crippen molar-refractivity contribution in [2.75, 3.05) is 5.32 Å². The average Bonchev–Trinajstić information content (AvgIpc) is 3.35. The third-order valence-corrected chi connectivity index (χ3v) is 6.46. The van der Waals surface area contributed by atoms with E-state index < -0.39 is 17.8 Å². The molecule has 8 heteroatoms. The minimum Gasteiger partial charge on any atom is -0.392 e. The summed E-state index contributed by atoms with van der Waals surface area (Å²) in [6, 6.07) is 12.9. The van der Waals surface area contributed by atoms with Crippen LogP contribution in [-0.2, 0) is 6.42 Å². The average molecular weight is 478 g/mol. The number of pyridine rings is 1. The molecular formula is C26H21ClFN3O3. The van der Waals surface area contributed by atoms with Gasteiger partial charge in [0.05, 0.1) is 18.0 Å². The van der Waals surface area contributed by atoms with Gasteiger partial charge >= 0.3 is 0 Å². The fraction of sp³-hybridized carbons (Fsp3) is 0.192. The van der Waals surface area contributed by atoms with Gasteiger partial charge in [-0.15, -0.1) is 0 Å². The van der Waals surface area contributed by atoms with Crippen LogP contribution in [0, 0.1) is 12.7 Å². The number of carbonyl (C=O) groups is 2. The first-order chi connectivity index (χ1) is 16.3. The second kappa shape index (κ2) is 8.66. The van der Waals surface area contributed by atoms with Crippen molar-refractivity contribution < 1.29 is 19.1 Å². The van der Waals surface area contributed by atoms with E-state index >= 15 is 0 Å². The van der Waals surface area contributed by atoms with Crippen LogP contribution >= 0.6 is 11.6 Å². The summed E-state index contributed by atoms with van der Waals surface area (Å²) < 4.78 is 16.1. The smallest absolute Gasteiger partial charge is 0.274 e. The van der Waals surface area contributed by atoms with Gasteiger partial charge in [0.1, 0.15) is 17.2 Å². The lowest BCUT2D eigenvalue weighted by molar-refractivity contribution is 0.0920. The molecule has 5 rings (SSSR count). The highest BCUT2D eigenvalue weighted by Gasteiger charge is 2.33. The summed E-state index contributed by atoms with van der Waals surface area (Å²) in [6.07, 6.45) is 2.97. The molecule has 1 aliphatic rings. The fourth-order valence-electron chi connectivity index (χ4n) is 4.49. The molecule has 1 amide bonds. The van der Waals surface area contributed by atoms with Gasteiger partial charge < -0.3 is 10.4 Å². The van der Waals surface area contributed by atoms with Crippen LogP contribution < -0.4 is 5.32 Å². The molecule has 2 aromatic carbocycles. The maximum atomic E-state index is 14.5. The number of Topliss-reactive ketones (excluding diaryl/α,β-unsaturated/α-hetero) is 1. The number of benzene rings is 2. The molecule has 172 valence electrons. The van der Waals surface area contributed by atoms with Crippen LogP contribution in [0.2, 0.25) is 5.02 Å². The Balaban J connectivity index is 1.37. The van der Waals surface area contributed by atoms with Gasteiger partial charge in [-0.2, -0.15) is 0 Å². The fourth-order valence-corrected chi connectivity index (χ4v) is 4.68. The Bertz CT molecular complexity index is 1450. The van der Waals surface area contributed by atoms with E-state index in [0.29, 0.717) is 17.1 Å². The zero-order chi connectivity index (χ0) is 24.0. The van der Waals surface area contributed by atoms with E-state index in [9.17, 15) is 19.1 Å². The zero-order valence-corrected chi connectivity index (χ0v) is 19.0. The second-order valence-corrected chi connectivity index (χ2v) is 9.01. The summed E-state index contributed by atoms with van der Waals surface area (Å²) in [7, 11) is 0. The molecule has 0 spiro atoms. The number of hydrogen-bond donors (Lipinski definition) is 2. The summed E-state index contributed by atoms with van der Waals surface area (Å²) >= 11 is 6.05. The Morgan fingerprint density at radius 1 is 1.21 bits per heavy atom. The molecule has 2 N–H and O–H groups in total. The standard InChI is InChI=1S/C26H21ClFN3O3/c1-14-2-7-25-29-12-22(31(25)13-14)26(34)30-21-9-15(3-6-20(21)28)23(32)11-19-18-5-4-17(27)8-16(18)10-24(19)33/h2-9,12-13,19,24,33H,10-11H2,1H3,(H,30,34)/t19-,24+/m0/s1. The van der Waals surface area contributed by atoms with Crippen LogP contribution in [0.4, 0.5) is 10.1 Å². The second-order valence-electron chi connectivity index (χ2n) is 8.58. The number of imidazole rings is 1. The van der Waals surface area contributed by atoms with E-state index in [1.807, 2.05) is 19.1 Å². The number of fused-ring (bicyclic) bond motifs is 2. The van der Waals surface area contributed by atoms with Crippen molar-refractivity contribution in [1.29, 1.82) is 0 Å². The van der Waals surface area contributed by atoms with Crippen molar-refractivity contribution in [3.05, 3.63) is 99.7 Å². The maximum absolute atomic E-state index is 14.5. The first-order valence-electron chi connectivity index (χ1n) is 10.8. The van der Waals surface area contributed by atoms with Crippen LogP contribution in [0.1, 0.15) is 49.9 Å². The number of hydrogen-bond acceptors (Lipinski definition) is 4. The number of carbonyl (C=O) groups excluding carboxylic acids is 2. The molecule has 0 aliphatic heterocycles. The number of aliphatic hydroxyl groups is 1. The van der Waals surface area contributed by atoms with E-state index in [2.05, 4.69) is 10.3 Å². The summed E-state index contributed by atoms with van der Waals surface area (Å²) in [5, 5.41) is 13.6. The van der Waals surface area contributed by atoms with Crippen molar-refractivity contribution in [3.8, 4) is 0 Å². The number of nitrogens with one attached hydrogen (secondary N) is 1. The normalized spacial score (nSPS) is 17.1. The molecule has 0 radical (unpaired) electrons. The zero-order valence-electron chi connectivity index (χ0n) is 18.3. The van der Waals surface area contributed by atoms with Gasteiger partial charge in [-0.25, -0.2) is 9.37 Å². The number of ketones is 1. The van der Waals surface area contributed by atoms with Crippen LogP contribution in [0.25, 0.3) is 5.65 Å². The Morgan fingerprint density at radius 3 is 2.85 bits per heavy atom. The van der Waals surface area contributed by atoms with Crippen molar-refractivity contribution >= 4 is 34.6 Å². The van der Waals surface area contributed by atoms with Crippen molar-refractivity contribution in [2.24, 2.45) is 0 Å². The Hall–Kier alpha value is -3.55. The largest absolute Gasteiger partial charge is 0.392 e. The highest BCUT2D eigenvalue weighted by molar-refractivity contribution is 6.30. The van der Waals surface area contributed by atoms with Crippen LogP contribution in [0.3, 0.4) is 0 Å². The minimum absolute atomic E-state index is 0.0569. The number of nitrogens with zero attached hydrogens (tertiary/aromatic N) is 2. The van der Waals surface area contributed by atoms with Gasteiger partial charge in [-0.3, -0.25) is 14.0 Å². The number of aliphatic hydroxyl groups excluding tert-OH is 1. The summed E-state index contributed by atoms with van der Waals surface area (Å²) in [6.45, 7) is 1.89. The van der Waals surface area contributed by atoms with Gasteiger partial charge in [-0.1, -0.05) is 23.7 Å². The van der Waals surface area contributed by atoms with Crippen LogP contribution in [-0.4, -0.2) is 32.3 Å². The molecule has 1 aliphatic carbocycles. The first kappa shape index (κ1) is 22.3. The molecule has 6 nitrogen and oxygen atoms in total. The van der Waals surface area contributed by atoms with Crippen LogP contribution in [0.15, 0.2) is 60.9 Å². The molecular weight excluding hydrogens is 457 g/mol. The first-order valence-corrected chi connectivity index (χ1v) is 11.2. The summed E-state index contributed by atoms with van der Waals surface area (Å²) in [4.78, 5) is 30.1. The van der Waals surface area contributed by atoms with Crippen molar-refractivity contribution in [1.82, 2.24) is 9.38 Å². The minimum atomic E-state index is -0.698. The summed E-state index contributed by atoms with van der Waals surface area (Å²) in [5.41, 5.74) is 3.75. The molecule has 0 saturated heterocycles. The van der Waals surface area contributed by atoms with E-state index in [0.717, 1.165) is 22.8 Å². The molecule has 34 heavy (non-hydrogen) atoms. The molecule has 0 fully saturated rings. The van der Waals surface area contributed by atoms with Crippen LogP contribution in [0.5, 0.6) is 0 Å². The van der Waals surface area contributed by atoms with Crippen molar-refractivity contribution in [3.63, 3.8) is 0 Å². The lowest BCUT2D eigenvalue weighted by Gasteiger charge is -2.16. The van der Waals surface area contributed by atoms with Gasteiger partial charge in [-0.05, 0) is 66.4 Å². The molecule has 0 unspecified atom stereocenters. The Morgan fingerprint density at radius 2 is 2.03 bits per heavy atom. The summed E-state index contributed by atoms with van der Waals surface area (Å²) in [5.74, 6) is -1.83. The highest BCUT2D eigenvalue weighted by Crippen LogP contribution is 2.38. The predicted molar refractivity (Wildman–Crippen MR) is 127 cm³/mol. The highest BCUT2D eigenvalue weighted by atomic mass is 35.5. The van der Waals surface area contributed by atoms with Gasteiger partial charge in [0.15, 0.2) is 5.78 Å². The van der Waals surface area contributed by atoms with E-state index in [1.54, 1.807) is 28.8 Å². The predicted octanol–water partition coefficient (Wildman–Crippen LogP) is 4.96. The number of aromatic nitrogens is 2. The third-order valence-electron chi connectivity index (χ3n) is 6.23. The Labute approximate surface area is 200 Å². The number of rotatable bonds is 5. The SMILES string of the molecule is Cc1ccc2ncc(C(=O)Nc3cc(C(=O)C[C@H]4c5ccc(Cl)cc5C[C@H]4O)ccc3F)n2c1. The molecule has 4 aromatic rings. The van der Waals surface area contributed by atoms with E-state index in [1.165, 1.54) is 18.3 Å². The lowest BCUT2D eigenvalue weighted by atomic mass is 9.91.